The number of carbonyl (C=O) groups excluding carboxylic acids is 2. The zero-order chi connectivity index (χ0) is 25.4. The molecule has 1 aliphatic carbocycles. The van der Waals surface area contributed by atoms with Crippen molar-refractivity contribution in [1.82, 2.24) is 25.2 Å². The van der Waals surface area contributed by atoms with Crippen LogP contribution >= 0.6 is 0 Å². The minimum atomic E-state index is -0.997. The molecular weight excluding hydrogens is 465 g/mol. The first-order valence-corrected chi connectivity index (χ1v) is 11.3. The van der Waals surface area contributed by atoms with E-state index in [1.54, 1.807) is 37.3 Å². The van der Waals surface area contributed by atoms with Gasteiger partial charge in [-0.2, -0.15) is 5.10 Å². The van der Waals surface area contributed by atoms with Crippen LogP contribution in [0.5, 0.6) is 0 Å². The van der Waals surface area contributed by atoms with Gasteiger partial charge in [0.1, 0.15) is 17.2 Å². The van der Waals surface area contributed by atoms with Crippen molar-refractivity contribution in [2.45, 2.75) is 32.4 Å². The van der Waals surface area contributed by atoms with Gasteiger partial charge < -0.3 is 15.7 Å². The largest absolute Gasteiger partial charge is 0.478 e. The van der Waals surface area contributed by atoms with Crippen LogP contribution in [0.25, 0.3) is 5.65 Å². The number of aryl methyl sites for hydroxylation is 2. The average Bonchev–Trinajstić information content (AvgIpc) is 3.50. The van der Waals surface area contributed by atoms with Crippen LogP contribution in [-0.2, 0) is 13.0 Å². The van der Waals surface area contributed by atoms with E-state index in [4.69, 9.17) is 0 Å². The van der Waals surface area contributed by atoms with Gasteiger partial charge in [-0.25, -0.2) is 18.7 Å². The normalized spacial score (nSPS) is 14.4. The third-order valence-electron chi connectivity index (χ3n) is 6.27. The molecule has 0 saturated heterocycles. The van der Waals surface area contributed by atoms with E-state index in [1.165, 1.54) is 28.9 Å². The number of carboxylic acids is 1. The van der Waals surface area contributed by atoms with Gasteiger partial charge in [0.05, 0.1) is 17.8 Å². The quantitative estimate of drug-likeness (QED) is 0.384. The molecule has 0 spiro atoms. The molecule has 10 heteroatoms. The highest BCUT2D eigenvalue weighted by Gasteiger charge is 2.27. The van der Waals surface area contributed by atoms with Crippen molar-refractivity contribution in [3.05, 3.63) is 99.8 Å². The molecule has 182 valence electrons. The molecule has 1 atom stereocenters. The molecule has 0 saturated carbocycles. The molecule has 2 heterocycles. The smallest absolute Gasteiger partial charge is 0.335 e. The number of aromatic carboxylic acids is 1. The molecule has 2 aromatic heterocycles. The van der Waals surface area contributed by atoms with Crippen molar-refractivity contribution in [3.8, 4) is 0 Å². The molecule has 2 aromatic carbocycles. The van der Waals surface area contributed by atoms with Crippen LogP contribution < -0.4 is 10.6 Å². The lowest BCUT2D eigenvalue weighted by Gasteiger charge is -2.15. The number of aromatic nitrogens is 3. The topological polar surface area (TPSA) is 126 Å². The summed E-state index contributed by atoms with van der Waals surface area (Å²) in [6.45, 7) is 1.82. The number of nitrogens with one attached hydrogen (secondary N) is 2. The lowest BCUT2D eigenvalue weighted by molar-refractivity contribution is 0.0696. The predicted octanol–water partition coefficient (Wildman–Crippen LogP) is 3.22. The zero-order valence-corrected chi connectivity index (χ0v) is 19.3. The molecule has 0 unspecified atom stereocenters. The number of rotatable bonds is 6. The Kier molecular flexibility index (Phi) is 5.93. The van der Waals surface area contributed by atoms with Crippen LogP contribution in [0.4, 0.5) is 4.39 Å². The number of carboxylic acid groups (broad SMARTS) is 1. The molecule has 2 amide bonds. The Bertz CT molecular complexity index is 1530. The minimum absolute atomic E-state index is 0.0462. The molecule has 4 aromatic rings. The average molecular weight is 487 g/mol. The molecule has 3 N–H and O–H groups in total. The van der Waals surface area contributed by atoms with Crippen molar-refractivity contribution in [2.75, 3.05) is 0 Å². The number of hydrogen-bond acceptors (Lipinski definition) is 5. The van der Waals surface area contributed by atoms with E-state index in [1.807, 2.05) is 0 Å². The molecule has 0 radical (unpaired) electrons. The zero-order valence-electron chi connectivity index (χ0n) is 19.3. The second-order valence-corrected chi connectivity index (χ2v) is 8.68. The van der Waals surface area contributed by atoms with Crippen LogP contribution in [0.15, 0.2) is 54.7 Å². The van der Waals surface area contributed by atoms with Crippen LogP contribution in [0.3, 0.4) is 0 Å². The summed E-state index contributed by atoms with van der Waals surface area (Å²) in [6.07, 6.45) is 2.76. The van der Waals surface area contributed by atoms with Crippen LogP contribution in [0, 0.1) is 12.7 Å². The summed E-state index contributed by atoms with van der Waals surface area (Å²) in [7, 11) is 0. The van der Waals surface area contributed by atoms with Gasteiger partial charge in [-0.1, -0.05) is 18.2 Å². The van der Waals surface area contributed by atoms with Crippen LogP contribution in [0.2, 0.25) is 0 Å². The summed E-state index contributed by atoms with van der Waals surface area (Å²) < 4.78 is 14.9. The first-order chi connectivity index (χ1) is 17.3. The highest BCUT2D eigenvalue weighted by atomic mass is 19.1. The minimum Gasteiger partial charge on any atom is -0.478 e. The molecule has 9 nitrogen and oxygen atoms in total. The van der Waals surface area contributed by atoms with Gasteiger partial charge in [0.15, 0.2) is 5.65 Å². The third kappa shape index (κ3) is 4.40. The number of carbonyl (C=O) groups is 3. The Hall–Kier alpha value is -4.60. The molecular formula is C26H22FN5O4. The second kappa shape index (κ2) is 9.21. The summed E-state index contributed by atoms with van der Waals surface area (Å²) in [5.41, 5.74) is 3.70. The maximum absolute atomic E-state index is 13.5. The Morgan fingerprint density at radius 1 is 1.11 bits per heavy atom. The van der Waals surface area contributed by atoms with Crippen molar-refractivity contribution < 1.29 is 23.9 Å². The fourth-order valence-corrected chi connectivity index (χ4v) is 4.41. The van der Waals surface area contributed by atoms with E-state index < -0.39 is 17.8 Å². The Balaban J connectivity index is 1.36. The summed E-state index contributed by atoms with van der Waals surface area (Å²) in [5, 5.41) is 19.1. The summed E-state index contributed by atoms with van der Waals surface area (Å²) >= 11 is 0. The predicted molar refractivity (Wildman–Crippen MR) is 127 cm³/mol. The van der Waals surface area contributed by atoms with E-state index >= 15 is 0 Å². The van der Waals surface area contributed by atoms with Crippen molar-refractivity contribution >= 4 is 23.4 Å². The van der Waals surface area contributed by atoms with Gasteiger partial charge in [-0.3, -0.25) is 9.59 Å². The van der Waals surface area contributed by atoms with Gasteiger partial charge in [0, 0.05) is 18.7 Å². The Labute approximate surface area is 205 Å². The monoisotopic (exact) mass is 487 g/mol. The highest BCUT2D eigenvalue weighted by Crippen LogP contribution is 2.32. The first kappa shape index (κ1) is 23.2. The summed E-state index contributed by atoms with van der Waals surface area (Å²) in [4.78, 5) is 41.7. The molecule has 1 aliphatic rings. The number of hydrogen-bond donors (Lipinski definition) is 3. The van der Waals surface area contributed by atoms with E-state index in [0.717, 1.165) is 16.7 Å². The van der Waals surface area contributed by atoms with Crippen molar-refractivity contribution in [2.24, 2.45) is 0 Å². The number of amides is 2. The van der Waals surface area contributed by atoms with Gasteiger partial charge in [0.25, 0.3) is 11.8 Å². The summed E-state index contributed by atoms with van der Waals surface area (Å²) in [6, 6.07) is 12.1. The molecule has 36 heavy (non-hydrogen) atoms. The molecule has 0 fully saturated rings. The van der Waals surface area contributed by atoms with E-state index in [-0.39, 0.29) is 35.4 Å². The summed E-state index contributed by atoms with van der Waals surface area (Å²) in [5.74, 6) is -2.24. The van der Waals surface area contributed by atoms with Gasteiger partial charge >= 0.3 is 5.97 Å². The lowest BCUT2D eigenvalue weighted by Crippen LogP contribution is -2.30. The van der Waals surface area contributed by atoms with Crippen molar-refractivity contribution in [3.63, 3.8) is 0 Å². The third-order valence-corrected chi connectivity index (χ3v) is 6.27. The first-order valence-electron chi connectivity index (χ1n) is 11.3. The van der Waals surface area contributed by atoms with E-state index in [2.05, 4.69) is 20.7 Å². The standard InChI is InChI=1S/C26H22FN5O4/c1-14-10-15(2-6-19(14)27)13-28-24(33)21-12-22(32-23(30-21)8-9-29-32)25(34)31-20-7-4-16-11-17(26(35)36)3-5-18(16)20/h2-3,5-6,8-12,20H,4,7,13H2,1H3,(H,28,33)(H,31,34)(H,35,36)/t20-/m0/s1. The maximum atomic E-state index is 13.5. The SMILES string of the molecule is Cc1cc(CNC(=O)c2cc(C(=O)N[C@H]3CCc4cc(C(=O)O)ccc43)n3nccc3n2)ccc1F. The van der Waals surface area contributed by atoms with Gasteiger partial charge in [-0.05, 0) is 60.2 Å². The maximum Gasteiger partial charge on any atom is 0.335 e. The van der Waals surface area contributed by atoms with Crippen molar-refractivity contribution in [1.29, 1.82) is 0 Å². The number of halogens is 1. The van der Waals surface area contributed by atoms with E-state index in [0.29, 0.717) is 24.1 Å². The Morgan fingerprint density at radius 2 is 1.94 bits per heavy atom. The molecule has 5 rings (SSSR count). The number of nitrogens with zero attached hydrogens (tertiary/aromatic N) is 3. The fraction of sp³-hybridized carbons (Fsp3) is 0.192. The fourth-order valence-electron chi connectivity index (χ4n) is 4.41. The van der Waals surface area contributed by atoms with Crippen LogP contribution in [-0.4, -0.2) is 37.5 Å². The van der Waals surface area contributed by atoms with Crippen LogP contribution in [0.1, 0.15) is 66.1 Å². The van der Waals surface area contributed by atoms with Gasteiger partial charge in [-0.15, -0.1) is 0 Å². The Morgan fingerprint density at radius 3 is 2.72 bits per heavy atom. The molecule has 0 bridgehead atoms. The van der Waals surface area contributed by atoms with E-state index in [9.17, 15) is 23.9 Å². The van der Waals surface area contributed by atoms with Gasteiger partial charge in [0.2, 0.25) is 0 Å². The second-order valence-electron chi connectivity index (χ2n) is 8.68. The highest BCUT2D eigenvalue weighted by molar-refractivity contribution is 5.98. The number of fused-ring (bicyclic) bond motifs is 2. The lowest BCUT2D eigenvalue weighted by atomic mass is 10.0. The molecule has 0 aliphatic heterocycles. The number of benzene rings is 2.